The van der Waals surface area contributed by atoms with Crippen molar-refractivity contribution < 1.29 is 13.2 Å². The molecule has 0 spiro atoms. The summed E-state index contributed by atoms with van der Waals surface area (Å²) in [4.78, 5) is 19.3. The number of nitrogens with zero attached hydrogens (tertiary/aromatic N) is 4. The van der Waals surface area contributed by atoms with Crippen LogP contribution in [0.5, 0.6) is 0 Å². The zero-order valence-electron chi connectivity index (χ0n) is 21.0. The molecule has 0 saturated carbocycles. The minimum Gasteiger partial charge on any atom is -0.337 e. The Bertz CT molecular complexity index is 1440. The Balaban J connectivity index is 1.70. The Hall–Kier alpha value is -3.72. The van der Waals surface area contributed by atoms with Crippen LogP contribution in [0.2, 0.25) is 0 Å². The number of aromatic nitrogens is 3. The topological polar surface area (TPSA) is 99.3 Å². The van der Waals surface area contributed by atoms with Gasteiger partial charge in [-0.25, -0.2) is 8.42 Å². The predicted octanol–water partition coefficient (Wildman–Crippen LogP) is 4.50. The Morgan fingerprint density at radius 3 is 2.42 bits per heavy atom. The number of hydrogen-bond acceptors (Lipinski definition) is 5. The predicted molar refractivity (Wildman–Crippen MR) is 141 cm³/mol. The van der Waals surface area contributed by atoms with Crippen molar-refractivity contribution in [3.05, 3.63) is 84.3 Å². The number of nitrogens with one attached hydrogen (secondary N) is 1. The van der Waals surface area contributed by atoms with Gasteiger partial charge in [-0.3, -0.25) is 19.2 Å². The van der Waals surface area contributed by atoms with Crippen LogP contribution in [0.15, 0.2) is 78.1 Å². The van der Waals surface area contributed by atoms with Gasteiger partial charge >= 0.3 is 0 Å². The summed E-state index contributed by atoms with van der Waals surface area (Å²) in [6.45, 7) is 8.53. The molecule has 0 fully saturated rings. The number of benzene rings is 2. The van der Waals surface area contributed by atoms with Crippen LogP contribution in [0, 0.1) is 0 Å². The van der Waals surface area contributed by atoms with Crippen molar-refractivity contribution in [1.82, 2.24) is 20.1 Å². The van der Waals surface area contributed by atoms with E-state index in [9.17, 15) is 13.2 Å². The summed E-state index contributed by atoms with van der Waals surface area (Å²) in [5.74, 6) is -0.305. The van der Waals surface area contributed by atoms with Gasteiger partial charge in [0.2, 0.25) is 5.91 Å². The van der Waals surface area contributed by atoms with Gasteiger partial charge in [0.1, 0.15) is 6.54 Å². The van der Waals surface area contributed by atoms with E-state index in [-0.39, 0.29) is 22.8 Å². The fourth-order valence-electron chi connectivity index (χ4n) is 3.96. The second-order valence-electron chi connectivity index (χ2n) is 9.70. The highest BCUT2D eigenvalue weighted by Gasteiger charge is 2.29. The zero-order valence-corrected chi connectivity index (χ0v) is 21.8. The number of carbonyl (C=O) groups is 1. The van der Waals surface area contributed by atoms with E-state index in [4.69, 9.17) is 0 Å². The maximum atomic E-state index is 13.9. The number of fused-ring (bicyclic) bond motifs is 1. The van der Waals surface area contributed by atoms with Gasteiger partial charge in [0, 0.05) is 30.9 Å². The Kier molecular flexibility index (Phi) is 7.12. The maximum absolute atomic E-state index is 13.9. The van der Waals surface area contributed by atoms with Crippen LogP contribution in [0.3, 0.4) is 0 Å². The minimum absolute atomic E-state index is 0.114. The van der Waals surface area contributed by atoms with Gasteiger partial charge in [-0.05, 0) is 59.9 Å². The molecule has 0 saturated heterocycles. The number of aromatic amines is 1. The fraction of sp³-hybridized carbons (Fsp3) is 0.296. The van der Waals surface area contributed by atoms with Crippen LogP contribution < -0.4 is 4.31 Å². The van der Waals surface area contributed by atoms with Gasteiger partial charge in [0.15, 0.2) is 0 Å². The van der Waals surface area contributed by atoms with Crippen molar-refractivity contribution in [1.29, 1.82) is 0 Å². The highest BCUT2D eigenvalue weighted by Crippen LogP contribution is 2.29. The average Bonchev–Trinajstić information content (AvgIpc) is 3.33. The second kappa shape index (κ2) is 10.1. The summed E-state index contributed by atoms with van der Waals surface area (Å²) < 4.78 is 29.0. The van der Waals surface area contributed by atoms with Gasteiger partial charge in [-0.1, -0.05) is 39.0 Å². The van der Waals surface area contributed by atoms with E-state index in [1.54, 1.807) is 53.8 Å². The minimum atomic E-state index is -4.04. The lowest BCUT2D eigenvalue weighted by Gasteiger charge is -2.28. The molecule has 4 aromatic rings. The standard InChI is InChI=1S/C27H31N5O3S/c1-5-31(18-20-7-6-14-28-16-20)26(33)19-32(23-11-8-21-17-29-30-25(21)15-23)36(34,35)24-12-9-22(10-13-24)27(2,3)4/h6-17H,5,18-19H2,1-4H3,(H,29,30). The van der Waals surface area contributed by atoms with Crippen molar-refractivity contribution in [2.45, 2.75) is 44.6 Å². The van der Waals surface area contributed by atoms with Crippen molar-refractivity contribution >= 4 is 32.5 Å². The molecule has 0 radical (unpaired) electrons. The first-order valence-corrected chi connectivity index (χ1v) is 13.3. The maximum Gasteiger partial charge on any atom is 0.264 e. The summed E-state index contributed by atoms with van der Waals surface area (Å²) in [6.07, 6.45) is 5.04. The fourth-order valence-corrected chi connectivity index (χ4v) is 5.37. The van der Waals surface area contributed by atoms with Crippen molar-refractivity contribution in [3.8, 4) is 0 Å². The monoisotopic (exact) mass is 505 g/mol. The third kappa shape index (κ3) is 5.41. The Morgan fingerprint density at radius 2 is 1.78 bits per heavy atom. The molecule has 0 aliphatic carbocycles. The molecule has 2 aromatic heterocycles. The Morgan fingerprint density at radius 1 is 1.03 bits per heavy atom. The van der Waals surface area contributed by atoms with Crippen LogP contribution in [-0.4, -0.2) is 47.5 Å². The largest absolute Gasteiger partial charge is 0.337 e. The van der Waals surface area contributed by atoms with E-state index in [0.29, 0.717) is 24.3 Å². The number of rotatable bonds is 8. The second-order valence-corrected chi connectivity index (χ2v) is 11.6. The van der Waals surface area contributed by atoms with Gasteiger partial charge < -0.3 is 4.90 Å². The van der Waals surface area contributed by atoms with Crippen molar-refractivity contribution in [3.63, 3.8) is 0 Å². The molecule has 0 aliphatic rings. The number of pyridine rings is 1. The molecule has 0 atom stereocenters. The summed E-state index contributed by atoms with van der Waals surface area (Å²) in [5, 5.41) is 7.76. The summed E-state index contributed by atoms with van der Waals surface area (Å²) in [5.41, 5.74) is 2.86. The molecule has 36 heavy (non-hydrogen) atoms. The van der Waals surface area contributed by atoms with Crippen LogP contribution in [0.1, 0.15) is 38.8 Å². The summed E-state index contributed by atoms with van der Waals surface area (Å²) in [7, 11) is -4.04. The van der Waals surface area contributed by atoms with E-state index in [1.165, 1.54) is 4.31 Å². The smallest absolute Gasteiger partial charge is 0.264 e. The van der Waals surface area contributed by atoms with Crippen LogP contribution >= 0.6 is 0 Å². The van der Waals surface area contributed by atoms with Gasteiger partial charge in [-0.2, -0.15) is 5.10 Å². The highest BCUT2D eigenvalue weighted by atomic mass is 32.2. The third-order valence-corrected chi connectivity index (χ3v) is 7.92. The molecule has 4 rings (SSSR count). The first-order valence-electron chi connectivity index (χ1n) is 11.8. The number of H-pyrrole nitrogens is 1. The molecule has 0 bridgehead atoms. The van der Waals surface area contributed by atoms with Crippen molar-refractivity contribution in [2.24, 2.45) is 0 Å². The van der Waals surface area contributed by atoms with E-state index in [1.807, 2.05) is 31.2 Å². The van der Waals surface area contributed by atoms with Gasteiger partial charge in [0.05, 0.1) is 22.3 Å². The molecule has 2 heterocycles. The summed E-state index contributed by atoms with van der Waals surface area (Å²) in [6, 6.07) is 15.8. The number of sulfonamides is 1. The van der Waals surface area contributed by atoms with E-state index in [0.717, 1.165) is 16.5 Å². The number of hydrogen-bond donors (Lipinski definition) is 1. The normalized spacial score (nSPS) is 12.0. The van der Waals surface area contributed by atoms with Gasteiger partial charge in [-0.15, -0.1) is 0 Å². The van der Waals surface area contributed by atoms with Crippen LogP contribution in [-0.2, 0) is 26.8 Å². The zero-order chi connectivity index (χ0) is 25.9. The van der Waals surface area contributed by atoms with Crippen LogP contribution in [0.4, 0.5) is 5.69 Å². The quantitative estimate of drug-likeness (QED) is 0.380. The first kappa shape index (κ1) is 25.4. The number of likely N-dealkylation sites (N-methyl/N-ethyl adjacent to an activating group) is 1. The molecular formula is C27H31N5O3S. The molecule has 2 aromatic carbocycles. The molecule has 0 unspecified atom stereocenters. The number of amides is 1. The number of carbonyl (C=O) groups excluding carboxylic acids is 1. The van der Waals surface area contributed by atoms with E-state index in [2.05, 4.69) is 36.0 Å². The van der Waals surface area contributed by atoms with E-state index >= 15 is 0 Å². The molecule has 8 nitrogen and oxygen atoms in total. The molecular weight excluding hydrogens is 474 g/mol. The lowest BCUT2D eigenvalue weighted by atomic mass is 9.87. The lowest BCUT2D eigenvalue weighted by Crippen LogP contribution is -2.42. The number of anilines is 1. The summed E-state index contributed by atoms with van der Waals surface area (Å²) >= 11 is 0. The molecule has 1 N–H and O–H groups in total. The molecule has 1 amide bonds. The van der Waals surface area contributed by atoms with Crippen molar-refractivity contribution in [2.75, 3.05) is 17.4 Å². The first-order chi connectivity index (χ1) is 17.1. The highest BCUT2D eigenvalue weighted by molar-refractivity contribution is 7.92. The third-order valence-electron chi connectivity index (χ3n) is 6.13. The molecule has 188 valence electrons. The van der Waals surface area contributed by atoms with Gasteiger partial charge in [0.25, 0.3) is 10.0 Å². The molecule has 0 aliphatic heterocycles. The van der Waals surface area contributed by atoms with E-state index < -0.39 is 10.0 Å². The average molecular weight is 506 g/mol. The SMILES string of the molecule is CCN(Cc1cccnc1)C(=O)CN(c1ccc2cn[nH]c2c1)S(=O)(=O)c1ccc(C(C)(C)C)cc1. The Labute approximate surface area is 212 Å². The van der Waals surface area contributed by atoms with Crippen LogP contribution in [0.25, 0.3) is 10.9 Å². The molecule has 9 heteroatoms. The lowest BCUT2D eigenvalue weighted by molar-refractivity contribution is -0.129.